The van der Waals surface area contributed by atoms with Crippen LogP contribution in [0.3, 0.4) is 0 Å². The van der Waals surface area contributed by atoms with Gasteiger partial charge in [0.1, 0.15) is 0 Å². The summed E-state index contributed by atoms with van der Waals surface area (Å²) in [5, 5.41) is 0. The molecule has 3 heteroatoms. The van der Waals surface area contributed by atoms with Crippen LogP contribution in [0, 0.1) is 13.8 Å². The Morgan fingerprint density at radius 1 is 1.53 bits per heavy atom. The average Bonchev–Trinajstić information content (AvgIpc) is 2.50. The van der Waals surface area contributed by atoms with Gasteiger partial charge in [0.05, 0.1) is 12.6 Å². The molecule has 15 heavy (non-hydrogen) atoms. The van der Waals surface area contributed by atoms with Crippen molar-refractivity contribution in [3.8, 4) is 0 Å². The first-order valence-electron chi connectivity index (χ1n) is 5.33. The summed E-state index contributed by atoms with van der Waals surface area (Å²) < 4.78 is 7.55. The first-order chi connectivity index (χ1) is 7.11. The van der Waals surface area contributed by atoms with Crippen molar-refractivity contribution >= 4 is 6.29 Å². The van der Waals surface area contributed by atoms with Gasteiger partial charge in [-0.25, -0.2) is 0 Å². The van der Waals surface area contributed by atoms with Crippen LogP contribution in [0.1, 0.15) is 41.6 Å². The van der Waals surface area contributed by atoms with E-state index in [9.17, 15) is 4.79 Å². The molecular formula is C12H19NO2. The van der Waals surface area contributed by atoms with E-state index in [2.05, 4.69) is 11.5 Å². The fourth-order valence-corrected chi connectivity index (χ4v) is 1.96. The molecule has 0 aliphatic heterocycles. The van der Waals surface area contributed by atoms with Crippen molar-refractivity contribution in [2.24, 2.45) is 0 Å². The van der Waals surface area contributed by atoms with Crippen LogP contribution in [-0.2, 0) is 4.74 Å². The van der Waals surface area contributed by atoms with Gasteiger partial charge in [-0.3, -0.25) is 4.79 Å². The minimum absolute atomic E-state index is 0.277. The highest BCUT2D eigenvalue weighted by Gasteiger charge is 2.13. The number of carbonyl (C=O) groups is 1. The van der Waals surface area contributed by atoms with Crippen LogP contribution in [0.5, 0.6) is 0 Å². The van der Waals surface area contributed by atoms with Crippen LogP contribution < -0.4 is 0 Å². The van der Waals surface area contributed by atoms with Gasteiger partial charge in [-0.15, -0.1) is 0 Å². The lowest BCUT2D eigenvalue weighted by Gasteiger charge is -2.18. The lowest BCUT2D eigenvalue weighted by Crippen LogP contribution is -2.14. The van der Waals surface area contributed by atoms with Gasteiger partial charge in [0.25, 0.3) is 0 Å². The molecule has 84 valence electrons. The second-order valence-corrected chi connectivity index (χ2v) is 3.82. The molecule has 1 atom stereocenters. The van der Waals surface area contributed by atoms with Crippen molar-refractivity contribution in [2.75, 3.05) is 13.2 Å². The molecule has 0 fully saturated rings. The summed E-state index contributed by atoms with van der Waals surface area (Å²) in [6.45, 7) is 9.49. The Hall–Kier alpha value is -1.09. The number of hydrogen-bond acceptors (Lipinski definition) is 2. The molecule has 0 aliphatic rings. The Morgan fingerprint density at radius 2 is 2.20 bits per heavy atom. The summed E-state index contributed by atoms with van der Waals surface area (Å²) in [4.78, 5) is 10.8. The van der Waals surface area contributed by atoms with Gasteiger partial charge in [0.2, 0.25) is 0 Å². The van der Waals surface area contributed by atoms with Crippen LogP contribution in [0.2, 0.25) is 0 Å². The maximum Gasteiger partial charge on any atom is 0.151 e. The predicted molar refractivity (Wildman–Crippen MR) is 60.5 cm³/mol. The molecule has 0 aliphatic carbocycles. The van der Waals surface area contributed by atoms with Gasteiger partial charge in [-0.1, -0.05) is 0 Å². The number of nitrogens with zero attached hydrogens (tertiary/aromatic N) is 1. The normalized spacial score (nSPS) is 12.8. The average molecular weight is 209 g/mol. The maximum absolute atomic E-state index is 10.8. The van der Waals surface area contributed by atoms with E-state index in [1.54, 1.807) is 0 Å². The number of aromatic nitrogens is 1. The predicted octanol–water partition coefficient (Wildman–Crippen LogP) is 2.51. The number of aldehydes is 1. The summed E-state index contributed by atoms with van der Waals surface area (Å²) in [7, 11) is 0. The van der Waals surface area contributed by atoms with Gasteiger partial charge >= 0.3 is 0 Å². The summed E-state index contributed by atoms with van der Waals surface area (Å²) in [6.07, 6.45) is 0.909. The van der Waals surface area contributed by atoms with E-state index in [1.807, 2.05) is 26.8 Å². The molecule has 0 saturated heterocycles. The number of ether oxygens (including phenoxy) is 1. The van der Waals surface area contributed by atoms with Crippen LogP contribution in [0.15, 0.2) is 6.07 Å². The van der Waals surface area contributed by atoms with Crippen molar-refractivity contribution in [3.05, 3.63) is 23.0 Å². The molecule has 0 amide bonds. The smallest absolute Gasteiger partial charge is 0.151 e. The molecule has 0 saturated carbocycles. The Kier molecular flexibility index (Phi) is 4.09. The van der Waals surface area contributed by atoms with Crippen molar-refractivity contribution < 1.29 is 9.53 Å². The quantitative estimate of drug-likeness (QED) is 0.698. The first kappa shape index (κ1) is 12.0. The number of aryl methyl sites for hydroxylation is 1. The van der Waals surface area contributed by atoms with E-state index in [-0.39, 0.29) is 6.04 Å². The second-order valence-electron chi connectivity index (χ2n) is 3.82. The molecule has 0 bridgehead atoms. The highest BCUT2D eigenvalue weighted by molar-refractivity contribution is 5.77. The molecule has 1 aromatic rings. The lowest BCUT2D eigenvalue weighted by molar-refractivity contribution is 0.111. The Bertz CT molecular complexity index is 342. The molecule has 1 rings (SSSR count). The Balaban J connectivity index is 2.92. The second kappa shape index (κ2) is 5.12. The molecule has 1 heterocycles. The molecule has 3 nitrogen and oxygen atoms in total. The number of carbonyl (C=O) groups excluding carboxylic acids is 1. The van der Waals surface area contributed by atoms with Gasteiger partial charge < -0.3 is 9.30 Å². The number of hydrogen-bond donors (Lipinski definition) is 0. The van der Waals surface area contributed by atoms with Crippen molar-refractivity contribution in [1.82, 2.24) is 4.57 Å². The van der Waals surface area contributed by atoms with Crippen LogP contribution >= 0.6 is 0 Å². The van der Waals surface area contributed by atoms with E-state index in [4.69, 9.17) is 4.74 Å². The molecule has 0 N–H and O–H groups in total. The topological polar surface area (TPSA) is 31.2 Å². The summed E-state index contributed by atoms with van der Waals surface area (Å²) in [6, 6.07) is 2.20. The van der Waals surface area contributed by atoms with E-state index in [0.717, 1.165) is 29.8 Å². The SMILES string of the molecule is CCOCC(C)n1c(C)cc(C=O)c1C. The van der Waals surface area contributed by atoms with E-state index < -0.39 is 0 Å². The monoisotopic (exact) mass is 209 g/mol. The van der Waals surface area contributed by atoms with Gasteiger partial charge in [0.15, 0.2) is 6.29 Å². The minimum atomic E-state index is 0.277. The highest BCUT2D eigenvalue weighted by Crippen LogP contribution is 2.19. The fourth-order valence-electron chi connectivity index (χ4n) is 1.96. The first-order valence-corrected chi connectivity index (χ1v) is 5.33. The minimum Gasteiger partial charge on any atom is -0.380 e. The van der Waals surface area contributed by atoms with E-state index in [0.29, 0.717) is 6.61 Å². The molecule has 0 radical (unpaired) electrons. The summed E-state index contributed by atoms with van der Waals surface area (Å²) in [5.41, 5.74) is 2.91. The lowest BCUT2D eigenvalue weighted by atomic mass is 10.2. The van der Waals surface area contributed by atoms with Crippen LogP contribution in [0.4, 0.5) is 0 Å². The zero-order valence-electron chi connectivity index (χ0n) is 9.91. The maximum atomic E-state index is 10.8. The standard InChI is InChI=1S/C12H19NO2/c1-5-15-8-10(3)13-9(2)6-12(7-14)11(13)4/h6-7,10H,5,8H2,1-4H3. The van der Waals surface area contributed by atoms with Crippen molar-refractivity contribution in [2.45, 2.75) is 33.7 Å². The fraction of sp³-hybridized carbons (Fsp3) is 0.583. The van der Waals surface area contributed by atoms with E-state index in [1.165, 1.54) is 0 Å². The largest absolute Gasteiger partial charge is 0.380 e. The highest BCUT2D eigenvalue weighted by atomic mass is 16.5. The Morgan fingerprint density at radius 3 is 2.67 bits per heavy atom. The molecule has 0 spiro atoms. The zero-order chi connectivity index (χ0) is 11.4. The van der Waals surface area contributed by atoms with Crippen LogP contribution in [0.25, 0.3) is 0 Å². The van der Waals surface area contributed by atoms with E-state index >= 15 is 0 Å². The third kappa shape index (κ3) is 2.48. The summed E-state index contributed by atoms with van der Waals surface area (Å²) in [5.74, 6) is 0. The molecule has 1 aromatic heterocycles. The van der Waals surface area contributed by atoms with Crippen molar-refractivity contribution in [1.29, 1.82) is 0 Å². The summed E-state index contributed by atoms with van der Waals surface area (Å²) >= 11 is 0. The molecule has 1 unspecified atom stereocenters. The van der Waals surface area contributed by atoms with Gasteiger partial charge in [0, 0.05) is 23.6 Å². The zero-order valence-corrected chi connectivity index (χ0v) is 9.91. The number of rotatable bonds is 5. The van der Waals surface area contributed by atoms with Crippen molar-refractivity contribution in [3.63, 3.8) is 0 Å². The third-order valence-corrected chi connectivity index (χ3v) is 2.65. The molecule has 0 aromatic carbocycles. The Labute approximate surface area is 91.0 Å². The van der Waals surface area contributed by atoms with Gasteiger partial charge in [-0.05, 0) is 33.8 Å². The van der Waals surface area contributed by atoms with Crippen LogP contribution in [-0.4, -0.2) is 24.1 Å². The van der Waals surface area contributed by atoms with Gasteiger partial charge in [-0.2, -0.15) is 0 Å². The third-order valence-electron chi connectivity index (χ3n) is 2.65. The molecular weight excluding hydrogens is 190 g/mol.